The van der Waals surface area contributed by atoms with Crippen molar-refractivity contribution < 1.29 is 14.6 Å². The summed E-state index contributed by atoms with van der Waals surface area (Å²) in [5.74, 6) is -0.442. The maximum absolute atomic E-state index is 12.0. The quantitative estimate of drug-likeness (QED) is 0.278. The highest BCUT2D eigenvalue weighted by Gasteiger charge is 2.08. The van der Waals surface area contributed by atoms with Gasteiger partial charge in [0.25, 0.3) is 0 Å². The molecule has 0 amide bonds. The standard InChI is InChI=1S/C22H28O3/c1-2-3-4-5-6-7-11-18-24-25-22(23)21-16-14-20(15-17-21)19-12-9-8-10-13-19/h8-10,12-17H,2-7,11,18H2,1H3. The molecule has 2 rings (SSSR count). The van der Waals surface area contributed by atoms with Gasteiger partial charge in [0.2, 0.25) is 0 Å². The zero-order chi connectivity index (χ0) is 17.7. The topological polar surface area (TPSA) is 35.5 Å². The van der Waals surface area contributed by atoms with E-state index in [-0.39, 0.29) is 0 Å². The van der Waals surface area contributed by atoms with Crippen LogP contribution in [0.5, 0.6) is 0 Å². The average molecular weight is 340 g/mol. The van der Waals surface area contributed by atoms with Crippen LogP contribution in [0.25, 0.3) is 11.1 Å². The van der Waals surface area contributed by atoms with E-state index in [9.17, 15) is 4.79 Å². The second-order valence-corrected chi connectivity index (χ2v) is 6.26. The van der Waals surface area contributed by atoms with Gasteiger partial charge in [-0.1, -0.05) is 87.9 Å². The van der Waals surface area contributed by atoms with Crippen molar-refractivity contribution in [3.8, 4) is 11.1 Å². The van der Waals surface area contributed by atoms with Gasteiger partial charge in [-0.05, 0) is 29.7 Å². The molecule has 25 heavy (non-hydrogen) atoms. The molecule has 0 aliphatic carbocycles. The Morgan fingerprint density at radius 1 is 0.760 bits per heavy atom. The lowest BCUT2D eigenvalue weighted by molar-refractivity contribution is -0.241. The average Bonchev–Trinajstić information content (AvgIpc) is 2.67. The fraction of sp³-hybridized carbons (Fsp3) is 0.409. The first-order valence-corrected chi connectivity index (χ1v) is 9.30. The van der Waals surface area contributed by atoms with Crippen LogP contribution in [0.4, 0.5) is 0 Å². The molecule has 0 heterocycles. The number of carbonyl (C=O) groups is 1. The Labute approximate surface area is 150 Å². The summed E-state index contributed by atoms with van der Waals surface area (Å²) in [4.78, 5) is 21.9. The van der Waals surface area contributed by atoms with Crippen LogP contribution in [-0.2, 0) is 9.78 Å². The molecule has 0 unspecified atom stereocenters. The lowest BCUT2D eigenvalue weighted by Gasteiger charge is -2.05. The minimum Gasteiger partial charge on any atom is -0.293 e. The molecule has 0 saturated carbocycles. The van der Waals surface area contributed by atoms with E-state index in [4.69, 9.17) is 9.78 Å². The van der Waals surface area contributed by atoms with Gasteiger partial charge >= 0.3 is 5.97 Å². The monoisotopic (exact) mass is 340 g/mol. The summed E-state index contributed by atoms with van der Waals surface area (Å²) in [6, 6.07) is 17.4. The van der Waals surface area contributed by atoms with Gasteiger partial charge in [0.1, 0.15) is 0 Å². The number of rotatable bonds is 11. The van der Waals surface area contributed by atoms with Gasteiger partial charge < -0.3 is 0 Å². The molecule has 0 aromatic heterocycles. The summed E-state index contributed by atoms with van der Waals surface area (Å²) in [6.45, 7) is 2.68. The lowest BCUT2D eigenvalue weighted by Crippen LogP contribution is -2.07. The summed E-state index contributed by atoms with van der Waals surface area (Å²) in [5, 5.41) is 0. The molecule has 134 valence electrons. The third-order valence-electron chi connectivity index (χ3n) is 4.19. The third-order valence-corrected chi connectivity index (χ3v) is 4.19. The number of carbonyl (C=O) groups excluding carboxylic acids is 1. The van der Waals surface area contributed by atoms with E-state index in [1.54, 1.807) is 12.1 Å². The van der Waals surface area contributed by atoms with Gasteiger partial charge in [-0.3, -0.25) is 4.89 Å². The van der Waals surface area contributed by atoms with Crippen LogP contribution in [-0.4, -0.2) is 12.6 Å². The molecular weight excluding hydrogens is 312 g/mol. The normalized spacial score (nSPS) is 10.6. The van der Waals surface area contributed by atoms with Crippen molar-refractivity contribution in [1.29, 1.82) is 0 Å². The maximum Gasteiger partial charge on any atom is 0.373 e. The molecule has 2 aromatic carbocycles. The Bertz CT molecular complexity index is 605. The Morgan fingerprint density at radius 2 is 1.36 bits per heavy atom. The van der Waals surface area contributed by atoms with E-state index in [0.29, 0.717) is 12.2 Å². The van der Waals surface area contributed by atoms with Crippen molar-refractivity contribution in [1.82, 2.24) is 0 Å². The number of benzene rings is 2. The van der Waals surface area contributed by atoms with Crippen LogP contribution in [0.1, 0.15) is 62.2 Å². The Balaban J connectivity index is 1.64. The predicted molar refractivity (Wildman–Crippen MR) is 101 cm³/mol. The summed E-state index contributed by atoms with van der Waals surface area (Å²) in [6.07, 6.45) is 8.44. The first-order chi connectivity index (χ1) is 12.3. The highest BCUT2D eigenvalue weighted by molar-refractivity contribution is 5.89. The predicted octanol–water partition coefficient (Wildman–Crippen LogP) is 6.19. The number of unbranched alkanes of at least 4 members (excludes halogenated alkanes) is 6. The highest BCUT2D eigenvalue weighted by Crippen LogP contribution is 2.19. The van der Waals surface area contributed by atoms with Crippen LogP contribution < -0.4 is 0 Å². The maximum atomic E-state index is 12.0. The van der Waals surface area contributed by atoms with Crippen molar-refractivity contribution in [2.45, 2.75) is 51.9 Å². The molecular formula is C22H28O3. The third kappa shape index (κ3) is 7.10. The molecule has 0 fully saturated rings. The van der Waals surface area contributed by atoms with E-state index >= 15 is 0 Å². The minimum atomic E-state index is -0.442. The van der Waals surface area contributed by atoms with Crippen molar-refractivity contribution in [3.63, 3.8) is 0 Å². The summed E-state index contributed by atoms with van der Waals surface area (Å²) >= 11 is 0. The second-order valence-electron chi connectivity index (χ2n) is 6.26. The molecule has 3 nitrogen and oxygen atoms in total. The highest BCUT2D eigenvalue weighted by atomic mass is 17.2. The van der Waals surface area contributed by atoms with Crippen LogP contribution in [0.3, 0.4) is 0 Å². The smallest absolute Gasteiger partial charge is 0.293 e. The van der Waals surface area contributed by atoms with Crippen molar-refractivity contribution in [3.05, 3.63) is 60.2 Å². The van der Waals surface area contributed by atoms with E-state index in [1.807, 2.05) is 42.5 Å². The van der Waals surface area contributed by atoms with Crippen molar-refractivity contribution in [2.24, 2.45) is 0 Å². The molecule has 0 saturated heterocycles. The van der Waals surface area contributed by atoms with Gasteiger partial charge in [-0.25, -0.2) is 4.79 Å². The van der Waals surface area contributed by atoms with Crippen LogP contribution >= 0.6 is 0 Å². The van der Waals surface area contributed by atoms with Crippen molar-refractivity contribution >= 4 is 5.97 Å². The molecule has 0 aliphatic heterocycles. The largest absolute Gasteiger partial charge is 0.373 e. The molecule has 0 atom stereocenters. The Hall–Kier alpha value is -2.13. The van der Waals surface area contributed by atoms with Gasteiger partial charge in [0.05, 0.1) is 12.2 Å². The van der Waals surface area contributed by atoms with Gasteiger partial charge in [0.15, 0.2) is 0 Å². The lowest BCUT2D eigenvalue weighted by atomic mass is 10.0. The fourth-order valence-electron chi connectivity index (χ4n) is 2.69. The molecule has 0 N–H and O–H groups in total. The van der Waals surface area contributed by atoms with E-state index in [0.717, 1.165) is 24.0 Å². The SMILES string of the molecule is CCCCCCCCCOOC(=O)c1ccc(-c2ccccc2)cc1. The molecule has 2 aromatic rings. The minimum absolute atomic E-state index is 0.442. The molecule has 0 bridgehead atoms. The fourth-order valence-corrected chi connectivity index (χ4v) is 2.69. The molecule has 0 radical (unpaired) electrons. The molecule has 0 spiro atoms. The van der Waals surface area contributed by atoms with Crippen LogP contribution in [0.2, 0.25) is 0 Å². The van der Waals surface area contributed by atoms with Gasteiger partial charge in [-0.15, -0.1) is 0 Å². The summed E-state index contributed by atoms with van der Waals surface area (Å²) in [5.41, 5.74) is 2.69. The number of hydrogen-bond donors (Lipinski definition) is 0. The second kappa shape index (κ2) is 11.4. The van der Waals surface area contributed by atoms with Crippen LogP contribution in [0.15, 0.2) is 54.6 Å². The van der Waals surface area contributed by atoms with Gasteiger partial charge in [0, 0.05) is 0 Å². The first kappa shape index (κ1) is 19.2. The zero-order valence-corrected chi connectivity index (χ0v) is 15.1. The van der Waals surface area contributed by atoms with Crippen LogP contribution in [0, 0.1) is 0 Å². The Kier molecular flexibility index (Phi) is 8.78. The van der Waals surface area contributed by atoms with Gasteiger partial charge in [-0.2, -0.15) is 4.89 Å². The summed E-state index contributed by atoms with van der Waals surface area (Å²) < 4.78 is 0. The van der Waals surface area contributed by atoms with E-state index in [1.165, 1.54) is 32.1 Å². The van der Waals surface area contributed by atoms with Crippen molar-refractivity contribution in [2.75, 3.05) is 6.61 Å². The Morgan fingerprint density at radius 3 is 2.04 bits per heavy atom. The molecule has 3 heteroatoms. The summed E-state index contributed by atoms with van der Waals surface area (Å²) in [7, 11) is 0. The van der Waals surface area contributed by atoms with E-state index < -0.39 is 5.97 Å². The zero-order valence-electron chi connectivity index (χ0n) is 15.1. The first-order valence-electron chi connectivity index (χ1n) is 9.30. The van der Waals surface area contributed by atoms with E-state index in [2.05, 4.69) is 6.92 Å². The molecule has 0 aliphatic rings. The number of hydrogen-bond acceptors (Lipinski definition) is 3.